The van der Waals surface area contributed by atoms with Gasteiger partial charge >= 0.3 is 0 Å². The molecular formula is C17H23N5O2. The topological polar surface area (TPSA) is 93.2 Å². The van der Waals surface area contributed by atoms with Gasteiger partial charge in [0.1, 0.15) is 6.54 Å². The lowest BCUT2D eigenvalue weighted by Crippen LogP contribution is -2.41. The number of nitrogens with two attached hydrogens (primary N) is 1. The Hall–Kier alpha value is -2.67. The van der Waals surface area contributed by atoms with E-state index in [1.807, 2.05) is 49.2 Å². The van der Waals surface area contributed by atoms with Crippen molar-refractivity contribution in [2.45, 2.75) is 32.5 Å². The molecule has 0 aliphatic heterocycles. The lowest BCUT2D eigenvalue weighted by atomic mass is 10.1. The number of hydrogen-bond donors (Lipinski definition) is 2. The van der Waals surface area contributed by atoms with Crippen LogP contribution in [0.4, 0.5) is 5.69 Å². The first-order valence-corrected chi connectivity index (χ1v) is 7.85. The van der Waals surface area contributed by atoms with E-state index in [0.717, 1.165) is 5.56 Å². The summed E-state index contributed by atoms with van der Waals surface area (Å²) >= 11 is 0. The van der Waals surface area contributed by atoms with Crippen molar-refractivity contribution in [3.05, 3.63) is 48.3 Å². The van der Waals surface area contributed by atoms with Gasteiger partial charge in [-0.25, -0.2) is 0 Å². The van der Waals surface area contributed by atoms with Crippen molar-refractivity contribution in [3.8, 4) is 0 Å². The number of nitrogens with zero attached hydrogens (tertiary/aromatic N) is 3. The Balaban J connectivity index is 1.97. The van der Waals surface area contributed by atoms with E-state index in [0.29, 0.717) is 18.7 Å². The molecule has 0 radical (unpaired) electrons. The Morgan fingerprint density at radius 1 is 1.33 bits per heavy atom. The summed E-state index contributed by atoms with van der Waals surface area (Å²) in [5, 5.41) is 6.83. The van der Waals surface area contributed by atoms with Gasteiger partial charge in [-0.1, -0.05) is 37.3 Å². The smallest absolute Gasteiger partial charge is 0.241 e. The standard InChI is InChI=1S/C17H23N5O2/c1-3-15(21(2)10-13-7-5-4-6-8-13)17(24)20-14-9-19-22(11-14)12-16(18)23/h4-9,11,15H,3,10,12H2,1-2H3,(H2,18,23)(H,20,24)/t15-/m0/s1. The summed E-state index contributed by atoms with van der Waals surface area (Å²) in [4.78, 5) is 25.4. The number of anilines is 1. The third-order valence-corrected chi connectivity index (χ3v) is 3.71. The van der Waals surface area contributed by atoms with E-state index in [1.165, 1.54) is 10.9 Å². The minimum atomic E-state index is -0.481. The predicted molar refractivity (Wildman–Crippen MR) is 92.0 cm³/mol. The number of nitrogens with one attached hydrogen (secondary N) is 1. The van der Waals surface area contributed by atoms with E-state index < -0.39 is 5.91 Å². The van der Waals surface area contributed by atoms with Crippen molar-refractivity contribution in [1.82, 2.24) is 14.7 Å². The van der Waals surface area contributed by atoms with Crippen LogP contribution in [0.3, 0.4) is 0 Å². The Labute approximate surface area is 141 Å². The normalized spacial score (nSPS) is 12.1. The molecule has 0 aliphatic rings. The summed E-state index contributed by atoms with van der Waals surface area (Å²) in [5.41, 5.74) is 6.83. The predicted octanol–water partition coefficient (Wildman–Crippen LogP) is 1.22. The molecule has 128 valence electrons. The number of rotatable bonds is 8. The fourth-order valence-electron chi connectivity index (χ4n) is 2.58. The van der Waals surface area contributed by atoms with Crippen LogP contribution < -0.4 is 11.1 Å². The van der Waals surface area contributed by atoms with E-state index in [9.17, 15) is 9.59 Å². The Morgan fingerprint density at radius 2 is 2.04 bits per heavy atom. The van der Waals surface area contributed by atoms with Gasteiger partial charge in [0.15, 0.2) is 0 Å². The average Bonchev–Trinajstić information content (AvgIpc) is 2.95. The highest BCUT2D eigenvalue weighted by molar-refractivity contribution is 5.94. The summed E-state index contributed by atoms with van der Waals surface area (Å²) in [6, 6.07) is 9.75. The van der Waals surface area contributed by atoms with Crippen molar-refractivity contribution in [2.75, 3.05) is 12.4 Å². The number of amides is 2. The van der Waals surface area contributed by atoms with Crippen molar-refractivity contribution in [2.24, 2.45) is 5.73 Å². The maximum absolute atomic E-state index is 12.5. The molecule has 0 fully saturated rings. The number of primary amides is 1. The van der Waals surface area contributed by atoms with Crippen LogP contribution in [-0.4, -0.2) is 39.6 Å². The molecule has 0 unspecified atom stereocenters. The molecule has 2 rings (SSSR count). The Kier molecular flexibility index (Phi) is 6.08. The first-order valence-electron chi connectivity index (χ1n) is 7.85. The van der Waals surface area contributed by atoms with Gasteiger partial charge in [0.25, 0.3) is 0 Å². The summed E-state index contributed by atoms with van der Waals surface area (Å²) < 4.78 is 1.40. The quantitative estimate of drug-likeness (QED) is 0.761. The molecule has 0 saturated heterocycles. The van der Waals surface area contributed by atoms with Crippen molar-refractivity contribution in [3.63, 3.8) is 0 Å². The van der Waals surface area contributed by atoms with Gasteiger partial charge in [-0.2, -0.15) is 5.10 Å². The van der Waals surface area contributed by atoms with Gasteiger partial charge in [0.05, 0.1) is 17.9 Å². The summed E-state index contributed by atoms with van der Waals surface area (Å²) in [6.07, 6.45) is 3.78. The molecule has 7 heteroatoms. The SMILES string of the molecule is CC[C@@H](C(=O)Nc1cnn(CC(N)=O)c1)N(C)Cc1ccccc1. The van der Waals surface area contributed by atoms with E-state index in [-0.39, 0.29) is 18.5 Å². The molecule has 1 aromatic carbocycles. The van der Waals surface area contributed by atoms with Gasteiger partial charge in [-0.05, 0) is 19.0 Å². The zero-order chi connectivity index (χ0) is 17.5. The van der Waals surface area contributed by atoms with Crippen LogP contribution >= 0.6 is 0 Å². The maximum Gasteiger partial charge on any atom is 0.241 e. The van der Waals surface area contributed by atoms with Gasteiger partial charge < -0.3 is 11.1 Å². The number of likely N-dealkylation sites (N-methyl/N-ethyl adjacent to an activating group) is 1. The zero-order valence-electron chi connectivity index (χ0n) is 14.0. The highest BCUT2D eigenvalue weighted by Gasteiger charge is 2.22. The van der Waals surface area contributed by atoms with Crippen LogP contribution in [0.25, 0.3) is 0 Å². The van der Waals surface area contributed by atoms with Crippen molar-refractivity contribution in [1.29, 1.82) is 0 Å². The van der Waals surface area contributed by atoms with E-state index in [2.05, 4.69) is 10.4 Å². The molecule has 2 amide bonds. The molecule has 0 spiro atoms. The van der Waals surface area contributed by atoms with E-state index in [1.54, 1.807) is 6.20 Å². The maximum atomic E-state index is 12.5. The summed E-state index contributed by atoms with van der Waals surface area (Å²) in [5.74, 6) is -0.584. The third-order valence-electron chi connectivity index (χ3n) is 3.71. The summed E-state index contributed by atoms with van der Waals surface area (Å²) in [6.45, 7) is 2.65. The molecule has 24 heavy (non-hydrogen) atoms. The molecule has 0 aliphatic carbocycles. The molecule has 1 atom stereocenters. The Bertz CT molecular complexity index is 683. The van der Waals surface area contributed by atoms with Crippen LogP contribution in [0.5, 0.6) is 0 Å². The van der Waals surface area contributed by atoms with Crippen molar-refractivity contribution < 1.29 is 9.59 Å². The highest BCUT2D eigenvalue weighted by atomic mass is 16.2. The first-order chi connectivity index (χ1) is 11.5. The number of aromatic nitrogens is 2. The summed E-state index contributed by atoms with van der Waals surface area (Å²) in [7, 11) is 1.93. The van der Waals surface area contributed by atoms with Gasteiger partial charge in [-0.15, -0.1) is 0 Å². The molecule has 1 aromatic heterocycles. The molecule has 2 aromatic rings. The third kappa shape index (κ3) is 4.92. The van der Waals surface area contributed by atoms with Gasteiger partial charge in [0, 0.05) is 12.7 Å². The van der Waals surface area contributed by atoms with Crippen LogP contribution in [-0.2, 0) is 22.7 Å². The molecule has 0 saturated carbocycles. The van der Waals surface area contributed by atoms with Crippen molar-refractivity contribution >= 4 is 17.5 Å². The molecule has 1 heterocycles. The monoisotopic (exact) mass is 329 g/mol. The van der Waals surface area contributed by atoms with E-state index >= 15 is 0 Å². The van der Waals surface area contributed by atoms with Gasteiger partial charge in [0.2, 0.25) is 11.8 Å². The van der Waals surface area contributed by atoms with Crippen LogP contribution in [0.2, 0.25) is 0 Å². The second kappa shape index (κ2) is 8.26. The van der Waals surface area contributed by atoms with Gasteiger partial charge in [-0.3, -0.25) is 19.2 Å². The number of benzene rings is 1. The number of hydrogen-bond acceptors (Lipinski definition) is 4. The van der Waals surface area contributed by atoms with Crippen LogP contribution in [0.1, 0.15) is 18.9 Å². The number of carbonyl (C=O) groups excluding carboxylic acids is 2. The molecular weight excluding hydrogens is 306 g/mol. The lowest BCUT2D eigenvalue weighted by molar-refractivity contribution is -0.121. The second-order valence-corrected chi connectivity index (χ2v) is 5.71. The minimum Gasteiger partial charge on any atom is -0.368 e. The first kappa shape index (κ1) is 17.7. The van der Waals surface area contributed by atoms with E-state index in [4.69, 9.17) is 5.73 Å². The zero-order valence-corrected chi connectivity index (χ0v) is 14.0. The largest absolute Gasteiger partial charge is 0.368 e. The fourth-order valence-corrected chi connectivity index (χ4v) is 2.58. The fraction of sp³-hybridized carbons (Fsp3) is 0.353. The van der Waals surface area contributed by atoms with Crippen LogP contribution in [0.15, 0.2) is 42.7 Å². The minimum absolute atomic E-state index is 0.0129. The second-order valence-electron chi connectivity index (χ2n) is 5.71. The highest BCUT2D eigenvalue weighted by Crippen LogP contribution is 2.12. The Morgan fingerprint density at radius 3 is 2.67 bits per heavy atom. The van der Waals surface area contributed by atoms with Crippen LogP contribution in [0, 0.1) is 0 Å². The number of carbonyl (C=O) groups is 2. The molecule has 3 N–H and O–H groups in total. The molecule has 7 nitrogen and oxygen atoms in total. The molecule has 0 bridgehead atoms. The lowest BCUT2D eigenvalue weighted by Gasteiger charge is -2.26. The average molecular weight is 329 g/mol.